The summed E-state index contributed by atoms with van der Waals surface area (Å²) in [6.45, 7) is 2.55. The molecule has 1 unspecified atom stereocenters. The molecule has 0 spiro atoms. The second kappa shape index (κ2) is 7.06. The standard InChI is InChI=1S/C16H18N4O3/c21-15-7-6-14(18-19-15)16(22)17-10-13-11-20(8-9-23-13)12-4-2-1-3-5-12/h1-7,13H,8-11H2,(H,17,22)(H,19,21). The lowest BCUT2D eigenvalue weighted by atomic mass is 10.2. The molecule has 1 aromatic carbocycles. The molecule has 7 nitrogen and oxygen atoms in total. The van der Waals surface area contributed by atoms with Crippen molar-refractivity contribution >= 4 is 11.6 Å². The van der Waals surface area contributed by atoms with E-state index in [4.69, 9.17) is 4.74 Å². The Hall–Kier alpha value is -2.67. The van der Waals surface area contributed by atoms with Gasteiger partial charge in [0, 0.05) is 31.4 Å². The summed E-state index contributed by atoms with van der Waals surface area (Å²) in [6.07, 6.45) is -0.0873. The number of hydrogen-bond acceptors (Lipinski definition) is 5. The summed E-state index contributed by atoms with van der Waals surface area (Å²) in [5, 5.41) is 8.73. The highest BCUT2D eigenvalue weighted by atomic mass is 16.5. The number of carbonyl (C=O) groups is 1. The molecule has 7 heteroatoms. The van der Waals surface area contributed by atoms with E-state index >= 15 is 0 Å². The second-order valence-electron chi connectivity index (χ2n) is 5.29. The van der Waals surface area contributed by atoms with E-state index in [-0.39, 0.29) is 23.3 Å². The number of aromatic amines is 1. The molecular weight excluding hydrogens is 296 g/mol. The second-order valence-corrected chi connectivity index (χ2v) is 5.29. The molecule has 2 N–H and O–H groups in total. The number of anilines is 1. The van der Waals surface area contributed by atoms with Gasteiger partial charge >= 0.3 is 0 Å². The Morgan fingerprint density at radius 2 is 2.13 bits per heavy atom. The minimum atomic E-state index is -0.337. The van der Waals surface area contributed by atoms with Crippen LogP contribution in [0.5, 0.6) is 0 Å². The molecule has 0 radical (unpaired) electrons. The van der Waals surface area contributed by atoms with Gasteiger partial charge in [0.05, 0.1) is 12.7 Å². The number of nitrogens with zero attached hydrogens (tertiary/aromatic N) is 2. The first kappa shape index (κ1) is 15.2. The van der Waals surface area contributed by atoms with E-state index in [0.717, 1.165) is 12.2 Å². The number of morpholine rings is 1. The lowest BCUT2D eigenvalue weighted by Gasteiger charge is -2.34. The van der Waals surface area contributed by atoms with E-state index in [0.29, 0.717) is 19.7 Å². The summed E-state index contributed by atoms with van der Waals surface area (Å²) in [5.74, 6) is -0.332. The highest BCUT2D eigenvalue weighted by Gasteiger charge is 2.21. The van der Waals surface area contributed by atoms with Crippen molar-refractivity contribution in [3.05, 3.63) is 58.5 Å². The predicted molar refractivity (Wildman–Crippen MR) is 85.6 cm³/mol. The fourth-order valence-corrected chi connectivity index (χ4v) is 2.48. The van der Waals surface area contributed by atoms with Crippen molar-refractivity contribution in [3.63, 3.8) is 0 Å². The van der Waals surface area contributed by atoms with Gasteiger partial charge in [-0.05, 0) is 18.2 Å². The van der Waals surface area contributed by atoms with E-state index in [9.17, 15) is 9.59 Å². The Bertz CT molecular complexity index is 696. The summed E-state index contributed by atoms with van der Waals surface area (Å²) in [7, 11) is 0. The van der Waals surface area contributed by atoms with Crippen LogP contribution in [0.3, 0.4) is 0 Å². The molecule has 120 valence electrons. The van der Waals surface area contributed by atoms with Crippen molar-refractivity contribution in [2.75, 3.05) is 31.1 Å². The van der Waals surface area contributed by atoms with Crippen LogP contribution in [0.25, 0.3) is 0 Å². The lowest BCUT2D eigenvalue weighted by molar-refractivity contribution is 0.0396. The number of hydrogen-bond donors (Lipinski definition) is 2. The first-order valence-electron chi connectivity index (χ1n) is 7.48. The maximum Gasteiger partial charge on any atom is 0.271 e. The molecule has 1 aliphatic rings. The average Bonchev–Trinajstić information content (AvgIpc) is 2.61. The quantitative estimate of drug-likeness (QED) is 0.853. The number of carbonyl (C=O) groups excluding carboxylic acids is 1. The maximum atomic E-state index is 12.0. The summed E-state index contributed by atoms with van der Waals surface area (Å²) >= 11 is 0. The molecule has 2 aromatic rings. The highest BCUT2D eigenvalue weighted by molar-refractivity contribution is 5.91. The van der Waals surface area contributed by atoms with Gasteiger partial charge in [0.25, 0.3) is 11.5 Å². The van der Waals surface area contributed by atoms with Crippen molar-refractivity contribution in [1.29, 1.82) is 0 Å². The molecule has 1 atom stereocenters. The zero-order valence-corrected chi connectivity index (χ0v) is 12.6. The summed E-state index contributed by atoms with van der Waals surface area (Å²) < 4.78 is 5.70. The third-order valence-corrected chi connectivity index (χ3v) is 3.66. The van der Waals surface area contributed by atoms with Crippen molar-refractivity contribution in [3.8, 4) is 0 Å². The first-order chi connectivity index (χ1) is 11.2. The Morgan fingerprint density at radius 3 is 2.87 bits per heavy atom. The van der Waals surface area contributed by atoms with Gasteiger partial charge in [-0.15, -0.1) is 0 Å². The maximum absolute atomic E-state index is 12.0. The zero-order valence-electron chi connectivity index (χ0n) is 12.6. The molecule has 23 heavy (non-hydrogen) atoms. The monoisotopic (exact) mass is 314 g/mol. The smallest absolute Gasteiger partial charge is 0.271 e. The Labute approximate surface area is 133 Å². The summed E-state index contributed by atoms with van der Waals surface area (Å²) in [4.78, 5) is 25.2. The normalized spacial score (nSPS) is 17.7. The van der Waals surface area contributed by atoms with Crippen LogP contribution < -0.4 is 15.8 Å². The molecule has 2 heterocycles. The SMILES string of the molecule is O=C(NCC1CN(c2ccccc2)CCO1)c1ccc(=O)[nH]n1. The number of aromatic nitrogens is 2. The van der Waals surface area contributed by atoms with Gasteiger partial charge in [0.1, 0.15) is 5.69 Å². The minimum absolute atomic E-state index is 0.0873. The number of benzene rings is 1. The molecule has 1 fully saturated rings. The molecule has 1 saturated heterocycles. The molecule has 0 saturated carbocycles. The third-order valence-electron chi connectivity index (χ3n) is 3.66. The Balaban J connectivity index is 1.55. The van der Waals surface area contributed by atoms with Gasteiger partial charge in [0.15, 0.2) is 0 Å². The van der Waals surface area contributed by atoms with E-state index in [2.05, 4.69) is 32.5 Å². The Kier molecular flexibility index (Phi) is 4.68. The van der Waals surface area contributed by atoms with Crippen LogP contribution in [-0.2, 0) is 4.74 Å². The number of nitrogens with one attached hydrogen (secondary N) is 2. The van der Waals surface area contributed by atoms with Crippen LogP contribution >= 0.6 is 0 Å². The fourth-order valence-electron chi connectivity index (χ4n) is 2.48. The van der Waals surface area contributed by atoms with Gasteiger partial charge in [-0.2, -0.15) is 5.10 Å². The minimum Gasteiger partial charge on any atom is -0.373 e. The molecule has 3 rings (SSSR count). The van der Waals surface area contributed by atoms with Crippen LogP contribution in [0.4, 0.5) is 5.69 Å². The molecule has 1 amide bonds. The Morgan fingerprint density at radius 1 is 1.30 bits per heavy atom. The van der Waals surface area contributed by atoms with Crippen LogP contribution in [0.1, 0.15) is 10.5 Å². The predicted octanol–water partition coefficient (Wildman–Crippen LogP) is 0.405. The van der Waals surface area contributed by atoms with E-state index in [1.807, 2.05) is 18.2 Å². The summed E-state index contributed by atoms with van der Waals surface area (Å²) in [6, 6.07) is 12.8. The van der Waals surface area contributed by atoms with Gasteiger partial charge in [-0.25, -0.2) is 5.10 Å². The molecule has 1 aliphatic heterocycles. The number of ether oxygens (including phenoxy) is 1. The van der Waals surface area contributed by atoms with Gasteiger partial charge in [0.2, 0.25) is 0 Å². The third kappa shape index (κ3) is 3.95. The molecule has 1 aromatic heterocycles. The molecular formula is C16H18N4O3. The lowest BCUT2D eigenvalue weighted by Crippen LogP contribution is -2.47. The number of para-hydroxylation sites is 1. The zero-order chi connectivity index (χ0) is 16.1. The largest absolute Gasteiger partial charge is 0.373 e. The van der Waals surface area contributed by atoms with Crippen molar-refractivity contribution in [2.45, 2.75) is 6.10 Å². The topological polar surface area (TPSA) is 87.3 Å². The van der Waals surface area contributed by atoms with Gasteiger partial charge < -0.3 is 15.0 Å². The number of rotatable bonds is 4. The number of H-pyrrole nitrogens is 1. The van der Waals surface area contributed by atoms with Crippen molar-refractivity contribution in [2.24, 2.45) is 0 Å². The van der Waals surface area contributed by atoms with Gasteiger partial charge in [-0.3, -0.25) is 9.59 Å². The van der Waals surface area contributed by atoms with Crippen LogP contribution in [0.15, 0.2) is 47.3 Å². The van der Waals surface area contributed by atoms with Crippen LogP contribution in [0, 0.1) is 0 Å². The van der Waals surface area contributed by atoms with Gasteiger partial charge in [-0.1, -0.05) is 18.2 Å². The van der Waals surface area contributed by atoms with E-state index in [1.165, 1.54) is 12.1 Å². The fraction of sp³-hybridized carbons (Fsp3) is 0.312. The first-order valence-corrected chi connectivity index (χ1v) is 7.48. The summed E-state index contributed by atoms with van der Waals surface area (Å²) in [5.41, 5.74) is 0.991. The molecule has 0 bridgehead atoms. The highest BCUT2D eigenvalue weighted by Crippen LogP contribution is 2.16. The van der Waals surface area contributed by atoms with E-state index in [1.54, 1.807) is 0 Å². The van der Waals surface area contributed by atoms with Crippen LogP contribution in [-0.4, -0.2) is 48.4 Å². The van der Waals surface area contributed by atoms with Crippen molar-refractivity contribution < 1.29 is 9.53 Å². The van der Waals surface area contributed by atoms with Crippen molar-refractivity contribution in [1.82, 2.24) is 15.5 Å². The number of amides is 1. The van der Waals surface area contributed by atoms with Crippen LogP contribution in [0.2, 0.25) is 0 Å². The molecule has 0 aliphatic carbocycles. The van der Waals surface area contributed by atoms with E-state index < -0.39 is 0 Å². The average molecular weight is 314 g/mol.